The van der Waals surface area contributed by atoms with Crippen LogP contribution in [0.25, 0.3) is 11.3 Å². The molecule has 1 fully saturated rings. The van der Waals surface area contributed by atoms with Crippen molar-refractivity contribution in [2.24, 2.45) is 0 Å². The zero-order chi connectivity index (χ0) is 22.7. The number of benzene rings is 2. The van der Waals surface area contributed by atoms with Gasteiger partial charge in [0.1, 0.15) is 11.8 Å². The molecule has 2 aromatic carbocycles. The minimum Gasteiger partial charge on any atom is -0.496 e. The Labute approximate surface area is 191 Å². The molecule has 1 aromatic heterocycles. The van der Waals surface area contributed by atoms with Crippen LogP contribution in [-0.4, -0.2) is 36.3 Å². The van der Waals surface area contributed by atoms with Gasteiger partial charge in [-0.2, -0.15) is 5.26 Å². The lowest BCUT2D eigenvalue weighted by atomic mass is 9.73. The van der Waals surface area contributed by atoms with Gasteiger partial charge in [0.15, 0.2) is 0 Å². The van der Waals surface area contributed by atoms with Gasteiger partial charge in [0, 0.05) is 29.9 Å². The van der Waals surface area contributed by atoms with Crippen molar-refractivity contribution in [1.82, 2.24) is 4.98 Å². The number of ether oxygens (including phenoxy) is 1. The lowest BCUT2D eigenvalue weighted by molar-refractivity contribution is -0.144. The Morgan fingerprint density at radius 3 is 2.56 bits per heavy atom. The van der Waals surface area contributed by atoms with Crippen LogP contribution in [0.2, 0.25) is 5.02 Å². The number of hydrogen-bond acceptors (Lipinski definition) is 5. The summed E-state index contributed by atoms with van der Waals surface area (Å²) in [5.74, 6) is -0.147. The summed E-state index contributed by atoms with van der Waals surface area (Å²) in [6.07, 6.45) is 2.48. The fourth-order valence-electron chi connectivity index (χ4n) is 4.32. The minimum absolute atomic E-state index is 0.408. The van der Waals surface area contributed by atoms with Crippen LogP contribution >= 0.6 is 11.6 Å². The van der Waals surface area contributed by atoms with Gasteiger partial charge in [0.05, 0.1) is 29.5 Å². The molecule has 6 nitrogen and oxygen atoms in total. The number of nitrogens with zero attached hydrogens (tertiary/aromatic N) is 3. The van der Waals surface area contributed by atoms with Crippen LogP contribution in [0.1, 0.15) is 24.0 Å². The van der Waals surface area contributed by atoms with Crippen molar-refractivity contribution in [2.45, 2.75) is 18.3 Å². The number of rotatable bonds is 5. The fourth-order valence-corrected chi connectivity index (χ4v) is 4.49. The monoisotopic (exact) mass is 447 g/mol. The van der Waals surface area contributed by atoms with E-state index < -0.39 is 11.4 Å². The molecule has 0 unspecified atom stereocenters. The van der Waals surface area contributed by atoms with Crippen molar-refractivity contribution in [3.05, 3.63) is 76.9 Å². The molecule has 0 bridgehead atoms. The molecule has 0 aliphatic carbocycles. The molecule has 1 aliphatic rings. The summed E-state index contributed by atoms with van der Waals surface area (Å²) >= 11 is 6.02. The summed E-state index contributed by atoms with van der Waals surface area (Å²) in [6, 6.07) is 18.7. The van der Waals surface area contributed by atoms with Crippen molar-refractivity contribution in [1.29, 1.82) is 5.26 Å². The molecule has 1 saturated heterocycles. The third kappa shape index (κ3) is 3.88. The Hall–Kier alpha value is -3.56. The second-order valence-electron chi connectivity index (χ2n) is 7.78. The zero-order valence-electron chi connectivity index (χ0n) is 17.6. The van der Waals surface area contributed by atoms with Gasteiger partial charge in [-0.15, -0.1) is 0 Å². The van der Waals surface area contributed by atoms with Crippen LogP contribution in [0.3, 0.4) is 0 Å². The van der Waals surface area contributed by atoms with Gasteiger partial charge in [-0.05, 0) is 54.8 Å². The van der Waals surface area contributed by atoms with Crippen molar-refractivity contribution >= 4 is 23.3 Å². The first kappa shape index (κ1) is 21.7. The number of halogens is 1. The van der Waals surface area contributed by atoms with E-state index in [-0.39, 0.29) is 0 Å². The second-order valence-corrected chi connectivity index (χ2v) is 8.22. The SMILES string of the molecule is COc1ccccc1-c1ccc(C2(C(=O)O)CCN(c3ccc(Cl)cc3C#N)CC2)cn1. The Balaban J connectivity index is 1.60. The molecular formula is C25H22ClN3O3. The summed E-state index contributed by atoms with van der Waals surface area (Å²) in [6.45, 7) is 1.02. The van der Waals surface area contributed by atoms with Crippen LogP contribution < -0.4 is 9.64 Å². The molecule has 162 valence electrons. The van der Waals surface area contributed by atoms with Gasteiger partial charge < -0.3 is 14.7 Å². The molecule has 0 amide bonds. The van der Waals surface area contributed by atoms with E-state index in [0.717, 1.165) is 16.9 Å². The number of methoxy groups -OCH3 is 1. The lowest BCUT2D eigenvalue weighted by Crippen LogP contribution is -2.47. The van der Waals surface area contributed by atoms with E-state index in [9.17, 15) is 15.2 Å². The highest BCUT2D eigenvalue weighted by molar-refractivity contribution is 6.30. The summed E-state index contributed by atoms with van der Waals surface area (Å²) < 4.78 is 5.41. The van der Waals surface area contributed by atoms with E-state index in [1.807, 2.05) is 47.4 Å². The average molecular weight is 448 g/mol. The number of piperidine rings is 1. The molecule has 32 heavy (non-hydrogen) atoms. The maximum atomic E-state index is 12.4. The molecule has 0 radical (unpaired) electrons. The average Bonchev–Trinajstić information content (AvgIpc) is 2.84. The highest BCUT2D eigenvalue weighted by Crippen LogP contribution is 2.39. The van der Waals surface area contributed by atoms with Crippen LogP contribution in [0, 0.1) is 11.3 Å². The van der Waals surface area contributed by atoms with Crippen LogP contribution in [0.5, 0.6) is 5.75 Å². The van der Waals surface area contributed by atoms with Crippen molar-refractivity contribution < 1.29 is 14.6 Å². The van der Waals surface area contributed by atoms with Gasteiger partial charge in [-0.3, -0.25) is 9.78 Å². The summed E-state index contributed by atoms with van der Waals surface area (Å²) in [5, 5.41) is 20.1. The maximum absolute atomic E-state index is 12.4. The van der Waals surface area contributed by atoms with E-state index in [1.165, 1.54) is 0 Å². The number of pyridine rings is 1. The first-order chi connectivity index (χ1) is 15.5. The predicted octanol–water partition coefficient (Wildman–Crippen LogP) is 4.91. The van der Waals surface area contributed by atoms with Gasteiger partial charge in [-0.1, -0.05) is 29.8 Å². The highest BCUT2D eigenvalue weighted by atomic mass is 35.5. The topological polar surface area (TPSA) is 86.5 Å². The van der Waals surface area contributed by atoms with E-state index in [2.05, 4.69) is 11.1 Å². The third-order valence-corrected chi connectivity index (χ3v) is 6.38. The number of aliphatic carboxylic acids is 1. The van der Waals surface area contributed by atoms with Gasteiger partial charge >= 0.3 is 5.97 Å². The summed E-state index contributed by atoms with van der Waals surface area (Å²) in [7, 11) is 1.61. The standard InChI is InChI=1S/C25H22ClN3O3/c1-32-23-5-3-2-4-20(23)21-8-6-18(16-28-21)25(24(30)31)10-12-29(13-11-25)22-9-7-19(26)14-17(22)15-27/h2-9,14,16H,10-13H2,1H3,(H,30,31). The fraction of sp³-hybridized carbons (Fsp3) is 0.240. The number of carbonyl (C=O) groups is 1. The largest absolute Gasteiger partial charge is 0.496 e. The molecule has 0 atom stereocenters. The quantitative estimate of drug-likeness (QED) is 0.598. The highest BCUT2D eigenvalue weighted by Gasteiger charge is 2.43. The molecule has 0 spiro atoms. The number of nitriles is 1. The van der Waals surface area contributed by atoms with Crippen molar-refractivity contribution in [3.63, 3.8) is 0 Å². The van der Waals surface area contributed by atoms with E-state index in [0.29, 0.717) is 47.8 Å². The van der Waals surface area contributed by atoms with Crippen LogP contribution in [-0.2, 0) is 10.2 Å². The number of anilines is 1. The first-order valence-corrected chi connectivity index (χ1v) is 10.6. The van der Waals surface area contributed by atoms with Gasteiger partial charge in [0.2, 0.25) is 0 Å². The smallest absolute Gasteiger partial charge is 0.314 e. The van der Waals surface area contributed by atoms with Crippen LogP contribution in [0.4, 0.5) is 5.69 Å². The number of hydrogen-bond donors (Lipinski definition) is 1. The number of para-hydroxylation sites is 1. The normalized spacial score (nSPS) is 15.1. The summed E-state index contributed by atoms with van der Waals surface area (Å²) in [4.78, 5) is 19.0. The van der Waals surface area contributed by atoms with E-state index >= 15 is 0 Å². The molecule has 1 N–H and O–H groups in total. The Bertz CT molecular complexity index is 1180. The molecule has 0 saturated carbocycles. The predicted molar refractivity (Wildman–Crippen MR) is 123 cm³/mol. The number of carboxylic acid groups (broad SMARTS) is 1. The first-order valence-electron chi connectivity index (χ1n) is 10.3. The lowest BCUT2D eigenvalue weighted by Gasteiger charge is -2.40. The van der Waals surface area contributed by atoms with Crippen molar-refractivity contribution in [2.75, 3.05) is 25.1 Å². The molecule has 1 aliphatic heterocycles. The zero-order valence-corrected chi connectivity index (χ0v) is 18.3. The molecule has 7 heteroatoms. The van der Waals surface area contributed by atoms with Gasteiger partial charge in [-0.25, -0.2) is 0 Å². The van der Waals surface area contributed by atoms with Gasteiger partial charge in [0.25, 0.3) is 0 Å². The maximum Gasteiger partial charge on any atom is 0.314 e. The molecule has 2 heterocycles. The molecular weight excluding hydrogens is 426 g/mol. The Morgan fingerprint density at radius 2 is 1.94 bits per heavy atom. The van der Waals surface area contributed by atoms with Crippen molar-refractivity contribution in [3.8, 4) is 23.1 Å². The van der Waals surface area contributed by atoms with E-state index in [4.69, 9.17) is 16.3 Å². The Morgan fingerprint density at radius 1 is 1.19 bits per heavy atom. The van der Waals surface area contributed by atoms with E-state index in [1.54, 1.807) is 25.4 Å². The molecule has 4 rings (SSSR count). The number of carboxylic acids is 1. The van der Waals surface area contributed by atoms with Crippen LogP contribution in [0.15, 0.2) is 60.8 Å². The Kier molecular flexibility index (Phi) is 6.02. The minimum atomic E-state index is -1.03. The third-order valence-electron chi connectivity index (χ3n) is 6.15. The molecule has 3 aromatic rings. The summed E-state index contributed by atoms with van der Waals surface area (Å²) in [5.41, 5.74) is 2.50. The number of aromatic nitrogens is 1. The second kappa shape index (κ2) is 8.89.